The molecule has 1 aliphatic heterocycles. The van der Waals surface area contributed by atoms with Gasteiger partial charge in [-0.1, -0.05) is 0 Å². The number of sulfonamides is 1. The van der Waals surface area contributed by atoms with Crippen LogP contribution in [0.4, 0.5) is 32.0 Å². The van der Waals surface area contributed by atoms with Crippen LogP contribution in [-0.4, -0.2) is 38.8 Å². The third-order valence-electron chi connectivity index (χ3n) is 5.31. The zero-order valence-corrected chi connectivity index (χ0v) is 18.5. The molecule has 1 saturated heterocycles. The third-order valence-corrected chi connectivity index (χ3v) is 7.19. The van der Waals surface area contributed by atoms with Gasteiger partial charge in [0.25, 0.3) is 0 Å². The number of rotatable bonds is 5. The molecule has 0 aliphatic carbocycles. The van der Waals surface area contributed by atoms with E-state index in [9.17, 15) is 39.6 Å². The molecule has 1 atom stereocenters. The molecule has 34 heavy (non-hydrogen) atoms. The molecule has 0 spiro atoms. The van der Waals surface area contributed by atoms with Gasteiger partial charge < -0.3 is 10.1 Å². The summed E-state index contributed by atoms with van der Waals surface area (Å²) >= 11 is 0. The van der Waals surface area contributed by atoms with Crippen molar-refractivity contribution in [2.24, 2.45) is 5.92 Å². The first kappa shape index (κ1) is 25.8. The van der Waals surface area contributed by atoms with Gasteiger partial charge in [0, 0.05) is 18.8 Å². The van der Waals surface area contributed by atoms with Crippen LogP contribution in [0, 0.1) is 5.92 Å². The molecule has 1 N–H and O–H groups in total. The third kappa shape index (κ3) is 5.81. The number of carbonyl (C=O) groups is 1. The van der Waals surface area contributed by atoms with Crippen molar-refractivity contribution in [2.75, 3.05) is 25.5 Å². The Morgan fingerprint density at radius 1 is 1.00 bits per heavy atom. The second kappa shape index (κ2) is 9.45. The average molecular weight is 510 g/mol. The Morgan fingerprint density at radius 3 is 2.06 bits per heavy atom. The van der Waals surface area contributed by atoms with E-state index in [2.05, 4.69) is 5.32 Å². The van der Waals surface area contributed by atoms with Crippen LogP contribution in [0.3, 0.4) is 0 Å². The van der Waals surface area contributed by atoms with E-state index >= 15 is 0 Å². The lowest BCUT2D eigenvalue weighted by molar-refractivity contribution is -0.143. The van der Waals surface area contributed by atoms with E-state index in [0.717, 1.165) is 4.31 Å². The highest BCUT2D eigenvalue weighted by Crippen LogP contribution is 2.38. The molecule has 1 heterocycles. The molecule has 13 heteroatoms. The zero-order chi connectivity index (χ0) is 25.3. The summed E-state index contributed by atoms with van der Waals surface area (Å²) in [4.78, 5) is 12.6. The highest BCUT2D eigenvalue weighted by molar-refractivity contribution is 7.89. The molecule has 0 unspecified atom stereocenters. The van der Waals surface area contributed by atoms with Crippen molar-refractivity contribution in [1.29, 1.82) is 0 Å². The van der Waals surface area contributed by atoms with Crippen molar-refractivity contribution in [3.8, 4) is 5.75 Å². The number of carbonyl (C=O) groups excluding carboxylic acids is 1. The van der Waals surface area contributed by atoms with Crippen molar-refractivity contribution in [2.45, 2.75) is 30.1 Å². The molecule has 0 bridgehead atoms. The predicted octanol–water partition coefficient (Wildman–Crippen LogP) is 4.77. The van der Waals surface area contributed by atoms with Gasteiger partial charge in [0.05, 0.1) is 29.1 Å². The van der Waals surface area contributed by atoms with Crippen LogP contribution in [0.1, 0.15) is 24.0 Å². The Bertz CT molecular complexity index is 1120. The summed E-state index contributed by atoms with van der Waals surface area (Å²) < 4.78 is 110. The van der Waals surface area contributed by atoms with Crippen molar-refractivity contribution < 1.29 is 44.3 Å². The monoisotopic (exact) mass is 510 g/mol. The summed E-state index contributed by atoms with van der Waals surface area (Å²) in [6.07, 6.45) is -9.63. The standard InChI is InChI=1S/C21H20F6N2O4S/c1-33-17-4-6-18(7-5-17)34(31,32)29-8-2-3-13(12-29)19(30)28-16-10-14(20(22,23)24)9-15(11-16)21(25,26)27/h4-7,9-11,13H,2-3,8,12H2,1H3,(H,28,30)/t13-/m1/s1. The summed E-state index contributed by atoms with van der Waals surface area (Å²) in [5, 5.41) is 2.09. The minimum absolute atomic E-state index is 0.0398. The number of nitrogens with one attached hydrogen (secondary N) is 1. The number of nitrogens with zero attached hydrogens (tertiary/aromatic N) is 1. The lowest BCUT2D eigenvalue weighted by atomic mass is 9.98. The number of hydrogen-bond donors (Lipinski definition) is 1. The molecule has 1 fully saturated rings. The van der Waals surface area contributed by atoms with Gasteiger partial charge in [-0.15, -0.1) is 0 Å². The average Bonchev–Trinajstić information content (AvgIpc) is 2.77. The summed E-state index contributed by atoms with van der Waals surface area (Å²) in [6.45, 7) is -0.161. The minimum atomic E-state index is -5.06. The fraction of sp³-hybridized carbons (Fsp3) is 0.381. The van der Waals surface area contributed by atoms with E-state index in [-0.39, 0.29) is 36.9 Å². The van der Waals surface area contributed by atoms with Crippen LogP contribution in [0.2, 0.25) is 0 Å². The maximum Gasteiger partial charge on any atom is 0.416 e. The normalized spacial score (nSPS) is 17.9. The molecule has 1 aliphatic rings. The molecule has 2 aromatic rings. The SMILES string of the molecule is COc1ccc(S(=O)(=O)N2CCC[C@@H](C(=O)Nc3cc(C(F)(F)F)cc(C(F)(F)F)c3)C2)cc1. The molecule has 0 saturated carbocycles. The van der Waals surface area contributed by atoms with Crippen molar-refractivity contribution >= 4 is 21.6 Å². The molecule has 0 aromatic heterocycles. The molecular weight excluding hydrogens is 490 g/mol. The van der Waals surface area contributed by atoms with Gasteiger partial charge in [-0.05, 0) is 55.3 Å². The quantitative estimate of drug-likeness (QED) is 0.588. The van der Waals surface area contributed by atoms with E-state index in [0.29, 0.717) is 17.9 Å². The number of amides is 1. The Morgan fingerprint density at radius 2 is 1.56 bits per heavy atom. The summed E-state index contributed by atoms with van der Waals surface area (Å²) in [5.74, 6) is -1.40. The second-order valence-corrected chi connectivity index (χ2v) is 9.60. The Labute approximate surface area is 191 Å². The number of piperidine rings is 1. The first-order valence-corrected chi connectivity index (χ1v) is 11.4. The largest absolute Gasteiger partial charge is 0.497 e. The number of methoxy groups -OCH3 is 1. The number of anilines is 1. The zero-order valence-electron chi connectivity index (χ0n) is 17.7. The van der Waals surface area contributed by atoms with Gasteiger partial charge in [-0.25, -0.2) is 8.42 Å². The molecule has 3 rings (SSSR count). The van der Waals surface area contributed by atoms with Gasteiger partial charge >= 0.3 is 12.4 Å². The number of ether oxygens (including phenoxy) is 1. The highest BCUT2D eigenvalue weighted by Gasteiger charge is 2.38. The van der Waals surface area contributed by atoms with Gasteiger partial charge in [0.15, 0.2) is 0 Å². The number of hydrogen-bond acceptors (Lipinski definition) is 4. The molecule has 2 aromatic carbocycles. The van der Waals surface area contributed by atoms with Crippen molar-refractivity contribution in [3.63, 3.8) is 0 Å². The van der Waals surface area contributed by atoms with Crippen LogP contribution in [-0.2, 0) is 27.2 Å². The smallest absolute Gasteiger partial charge is 0.416 e. The first-order chi connectivity index (χ1) is 15.7. The summed E-state index contributed by atoms with van der Waals surface area (Å²) in [7, 11) is -2.56. The van der Waals surface area contributed by atoms with Gasteiger partial charge in [0.1, 0.15) is 5.75 Å². The fourth-order valence-corrected chi connectivity index (χ4v) is 5.07. The Balaban J connectivity index is 1.80. The molecular formula is C21H20F6N2O4S. The van der Waals surface area contributed by atoms with E-state index in [4.69, 9.17) is 4.74 Å². The number of halogens is 6. The van der Waals surface area contributed by atoms with Gasteiger partial charge in [-0.2, -0.15) is 30.6 Å². The molecule has 1 amide bonds. The van der Waals surface area contributed by atoms with Crippen LogP contribution >= 0.6 is 0 Å². The first-order valence-electron chi connectivity index (χ1n) is 9.96. The van der Waals surface area contributed by atoms with Crippen LogP contribution in [0.5, 0.6) is 5.75 Å². The Hall–Kier alpha value is -2.80. The lowest BCUT2D eigenvalue weighted by Gasteiger charge is -2.31. The van der Waals surface area contributed by atoms with E-state index in [1.54, 1.807) is 0 Å². The molecule has 0 radical (unpaired) electrons. The maximum atomic E-state index is 13.1. The van der Waals surface area contributed by atoms with Crippen molar-refractivity contribution in [1.82, 2.24) is 4.31 Å². The second-order valence-electron chi connectivity index (χ2n) is 7.66. The predicted molar refractivity (Wildman–Crippen MR) is 110 cm³/mol. The number of benzene rings is 2. The summed E-state index contributed by atoms with van der Waals surface area (Å²) in [6, 6.07) is 6.33. The lowest BCUT2D eigenvalue weighted by Crippen LogP contribution is -2.43. The topological polar surface area (TPSA) is 75.7 Å². The van der Waals surface area contributed by atoms with Crippen LogP contribution in [0.15, 0.2) is 47.4 Å². The molecule has 6 nitrogen and oxygen atoms in total. The van der Waals surface area contributed by atoms with E-state index in [1.807, 2.05) is 0 Å². The van der Waals surface area contributed by atoms with Crippen molar-refractivity contribution in [3.05, 3.63) is 53.6 Å². The maximum absolute atomic E-state index is 13.1. The molecule has 186 valence electrons. The summed E-state index contributed by atoms with van der Waals surface area (Å²) in [5.41, 5.74) is -3.81. The van der Waals surface area contributed by atoms with Crippen LogP contribution < -0.4 is 10.1 Å². The van der Waals surface area contributed by atoms with E-state index in [1.165, 1.54) is 31.4 Å². The number of alkyl halides is 6. The van der Waals surface area contributed by atoms with Gasteiger partial charge in [0.2, 0.25) is 15.9 Å². The minimum Gasteiger partial charge on any atom is -0.497 e. The van der Waals surface area contributed by atoms with E-state index < -0.39 is 51.0 Å². The Kier molecular flexibility index (Phi) is 7.18. The fourth-order valence-electron chi connectivity index (χ4n) is 3.54. The van der Waals surface area contributed by atoms with Crippen LogP contribution in [0.25, 0.3) is 0 Å². The van der Waals surface area contributed by atoms with Gasteiger partial charge in [-0.3, -0.25) is 4.79 Å². The highest BCUT2D eigenvalue weighted by atomic mass is 32.2.